The molecule has 9 nitrogen and oxygen atoms in total. The van der Waals surface area contributed by atoms with Crippen molar-refractivity contribution in [1.82, 2.24) is 0 Å². The fourth-order valence-corrected chi connectivity index (χ4v) is 1.74. The Morgan fingerprint density at radius 2 is 1.00 bits per heavy atom. The Balaban J connectivity index is -0.000000320. The van der Waals surface area contributed by atoms with E-state index in [2.05, 4.69) is 2.84 Å². The first kappa shape index (κ1) is 17.2. The van der Waals surface area contributed by atoms with E-state index in [-0.39, 0.29) is 11.0 Å². The van der Waals surface area contributed by atoms with Crippen LogP contribution >= 0.6 is 0 Å². The van der Waals surface area contributed by atoms with Gasteiger partial charge in [-0.1, -0.05) is 0 Å². The Morgan fingerprint density at radius 1 is 0.818 bits per heavy atom. The van der Waals surface area contributed by atoms with Gasteiger partial charge in [0.1, 0.15) is 0 Å². The maximum absolute atomic E-state index is 9.38. The summed E-state index contributed by atoms with van der Waals surface area (Å²) >= 11 is -12.1. The van der Waals surface area contributed by atoms with Gasteiger partial charge < -0.3 is 11.0 Å². The van der Waals surface area contributed by atoms with E-state index in [9.17, 15) is 23.5 Å². The van der Waals surface area contributed by atoms with Gasteiger partial charge in [0.05, 0.1) is 0 Å². The van der Waals surface area contributed by atoms with Gasteiger partial charge in [0.2, 0.25) is 0 Å². The molecule has 0 unspecified atom stereocenters. The number of hydrogen-bond donors (Lipinski definition) is 0. The van der Waals surface area contributed by atoms with Crippen LogP contribution in [0.15, 0.2) is 0 Å². The van der Waals surface area contributed by atoms with Crippen molar-refractivity contribution >= 4 is 0 Å². The molecule has 0 aliphatic carbocycles. The van der Waals surface area contributed by atoms with Crippen LogP contribution in [0.25, 0.3) is 0 Å². The molecule has 11 heavy (non-hydrogen) atoms. The van der Waals surface area contributed by atoms with Crippen molar-refractivity contribution in [2.45, 2.75) is 0 Å². The van der Waals surface area contributed by atoms with Crippen molar-refractivity contribution < 1.29 is 64.5 Å². The second kappa shape index (κ2) is 4.85. The molecule has 0 rings (SSSR count). The average Bonchev–Trinajstić information content (AvgIpc) is 1.14. The molecule has 0 amide bonds. The predicted molar refractivity (Wildman–Crippen MR) is 11.1 cm³/mol. The van der Waals surface area contributed by atoms with Crippen molar-refractivity contribution in [1.29, 1.82) is 0 Å². The zero-order chi connectivity index (χ0) is 7.71. The summed E-state index contributed by atoms with van der Waals surface area (Å²) in [6.45, 7) is 0. The SMILES string of the molecule is O.O.[O]=[Cr](=[O])([O-])[O][Cr](=[O])(=[O])[O-]. The molecule has 0 aromatic rings. The zero-order valence-corrected chi connectivity index (χ0v) is 7.22. The molecule has 11 heteroatoms. The number of hydrogen-bond acceptors (Lipinski definition) is 7. The van der Waals surface area contributed by atoms with Crippen LogP contribution in [-0.4, -0.2) is 11.0 Å². The fraction of sp³-hybridized carbons (Fsp3) is 0. The third-order valence-electron chi connectivity index (χ3n) is 0.167. The summed E-state index contributed by atoms with van der Waals surface area (Å²) in [5, 5.41) is 0. The summed E-state index contributed by atoms with van der Waals surface area (Å²) in [4.78, 5) is 0. The van der Waals surface area contributed by atoms with Crippen LogP contribution in [-0.2, 0) is 45.3 Å². The Bertz CT molecular complexity index is 233. The van der Waals surface area contributed by atoms with E-state index < -0.39 is 27.2 Å². The Hall–Kier alpha value is 0.0649. The molecule has 0 fully saturated rings. The molecule has 0 heterocycles. The topological polar surface area (TPSA) is 187 Å². The van der Waals surface area contributed by atoms with E-state index >= 15 is 0 Å². The summed E-state index contributed by atoms with van der Waals surface area (Å²) in [6.07, 6.45) is 0. The third kappa shape index (κ3) is 17.8. The monoisotopic (exact) mass is 252 g/mol. The Kier molecular flexibility index (Phi) is 7.59. The summed E-state index contributed by atoms with van der Waals surface area (Å²) in [5.74, 6) is 0. The molecular weight excluding hydrogens is 248 g/mol. The van der Waals surface area contributed by atoms with Crippen LogP contribution in [0.2, 0.25) is 0 Å². The fourth-order valence-electron chi connectivity index (χ4n) is 0.102. The molecule has 4 N–H and O–H groups in total. The van der Waals surface area contributed by atoms with Gasteiger partial charge >= 0.3 is 53.6 Å². The molecular formula is H4Cr2O9-2. The van der Waals surface area contributed by atoms with Crippen LogP contribution in [0.4, 0.5) is 0 Å². The average molecular weight is 252 g/mol. The van der Waals surface area contributed by atoms with Crippen LogP contribution < -0.4 is 8.32 Å². The van der Waals surface area contributed by atoms with E-state index in [1.807, 2.05) is 0 Å². The van der Waals surface area contributed by atoms with Crippen LogP contribution in [0, 0.1) is 0 Å². The number of rotatable bonds is 2. The molecule has 0 atom stereocenters. The molecule has 0 aliphatic heterocycles. The van der Waals surface area contributed by atoms with Crippen molar-refractivity contribution in [3.8, 4) is 0 Å². The molecule has 0 radical (unpaired) electrons. The van der Waals surface area contributed by atoms with Gasteiger partial charge in [0.15, 0.2) is 0 Å². The molecule has 0 aliphatic rings. The van der Waals surface area contributed by atoms with Crippen LogP contribution in [0.1, 0.15) is 0 Å². The van der Waals surface area contributed by atoms with E-state index in [1.54, 1.807) is 0 Å². The second-order valence-corrected chi connectivity index (χ2v) is 4.52. The second-order valence-electron chi connectivity index (χ2n) is 0.885. The van der Waals surface area contributed by atoms with Gasteiger partial charge in [-0.25, -0.2) is 0 Å². The van der Waals surface area contributed by atoms with Gasteiger partial charge in [-0.3, -0.25) is 0 Å². The van der Waals surface area contributed by atoms with Crippen molar-refractivity contribution in [2.75, 3.05) is 0 Å². The van der Waals surface area contributed by atoms with E-state index in [0.717, 1.165) is 0 Å². The summed E-state index contributed by atoms with van der Waals surface area (Å²) in [6, 6.07) is 0. The van der Waals surface area contributed by atoms with E-state index in [4.69, 9.17) is 0 Å². The quantitative estimate of drug-likeness (QED) is 0.472. The molecule has 0 bridgehead atoms. The van der Waals surface area contributed by atoms with Crippen molar-refractivity contribution in [3.63, 3.8) is 0 Å². The van der Waals surface area contributed by atoms with Crippen molar-refractivity contribution in [3.05, 3.63) is 0 Å². The van der Waals surface area contributed by atoms with Crippen LogP contribution in [0.5, 0.6) is 0 Å². The molecule has 0 aromatic heterocycles. The summed E-state index contributed by atoms with van der Waals surface area (Å²) in [5.41, 5.74) is 0. The van der Waals surface area contributed by atoms with Gasteiger partial charge in [0.25, 0.3) is 0 Å². The van der Waals surface area contributed by atoms with Crippen molar-refractivity contribution in [2.24, 2.45) is 0 Å². The molecule has 0 saturated carbocycles. The third-order valence-corrected chi connectivity index (χ3v) is 2.83. The first-order valence-electron chi connectivity index (χ1n) is 1.33. The Morgan fingerprint density at radius 3 is 1.00 bits per heavy atom. The van der Waals surface area contributed by atoms with Gasteiger partial charge in [-0.2, -0.15) is 0 Å². The van der Waals surface area contributed by atoms with Crippen LogP contribution in [0.3, 0.4) is 0 Å². The van der Waals surface area contributed by atoms with Gasteiger partial charge in [-0.05, 0) is 0 Å². The first-order valence-corrected chi connectivity index (χ1v) is 5.50. The minimum atomic E-state index is -6.07. The summed E-state index contributed by atoms with van der Waals surface area (Å²) < 4.78 is 58.9. The molecule has 72 valence electrons. The standard InChI is InChI=1S/2Cr.2H2O.7O/h;;2*1H2;;;;;;;/q;;;;;;;;;2*-1. The van der Waals surface area contributed by atoms with Gasteiger partial charge in [0, 0.05) is 0 Å². The predicted octanol–water partition coefficient (Wildman–Crippen LogP) is -4.58. The normalized spacial score (nSPS) is 11.1. The molecule has 0 saturated heterocycles. The zero-order valence-electron chi connectivity index (χ0n) is 4.67. The minimum absolute atomic E-state index is 0. The first-order chi connectivity index (χ1) is 3.71. The molecule has 0 spiro atoms. The van der Waals surface area contributed by atoms with E-state index in [0.29, 0.717) is 0 Å². The maximum atomic E-state index is 9.38. The summed E-state index contributed by atoms with van der Waals surface area (Å²) in [7, 11) is 0. The molecule has 0 aromatic carbocycles. The Labute approximate surface area is 65.0 Å². The van der Waals surface area contributed by atoms with Gasteiger partial charge in [-0.15, -0.1) is 0 Å². The van der Waals surface area contributed by atoms with E-state index in [1.165, 1.54) is 0 Å².